The summed E-state index contributed by atoms with van der Waals surface area (Å²) in [5.41, 5.74) is 6.19. The van der Waals surface area contributed by atoms with Gasteiger partial charge in [-0.2, -0.15) is 5.10 Å². The predicted octanol–water partition coefficient (Wildman–Crippen LogP) is 5.97. The summed E-state index contributed by atoms with van der Waals surface area (Å²) in [6.45, 7) is 4.33. The highest BCUT2D eigenvalue weighted by atomic mass is 79.9. The highest BCUT2D eigenvalue weighted by molar-refractivity contribution is 9.10. The molecule has 0 fully saturated rings. The number of aryl methyl sites for hydroxylation is 2. The number of methoxy groups -OCH3 is 2. The van der Waals surface area contributed by atoms with Gasteiger partial charge >= 0.3 is 0 Å². The molecule has 3 aromatic carbocycles. The maximum atomic E-state index is 13.7. The van der Waals surface area contributed by atoms with Crippen LogP contribution >= 0.6 is 15.9 Å². The Labute approximate surface area is 224 Å². The van der Waals surface area contributed by atoms with E-state index in [9.17, 15) is 9.90 Å². The van der Waals surface area contributed by atoms with Crippen LogP contribution in [0.4, 0.5) is 0 Å². The van der Waals surface area contributed by atoms with E-state index in [2.05, 4.69) is 26.1 Å². The SMILES string of the molecule is COc1ccc(CCN2C(=O)c3[nH]nc(-c4cc(C)cc(C)c4O)c3C2c2cccc(Br)c2)cc1OC. The van der Waals surface area contributed by atoms with Crippen LogP contribution in [0, 0.1) is 13.8 Å². The van der Waals surface area contributed by atoms with E-state index in [0.717, 1.165) is 32.3 Å². The van der Waals surface area contributed by atoms with Crippen LogP contribution in [0.1, 0.15) is 44.3 Å². The summed E-state index contributed by atoms with van der Waals surface area (Å²) in [5.74, 6) is 1.36. The number of amides is 1. The van der Waals surface area contributed by atoms with Crippen LogP contribution in [-0.4, -0.2) is 46.9 Å². The molecule has 5 rings (SSSR count). The molecule has 1 aliphatic rings. The number of hydrogen-bond donors (Lipinski definition) is 2. The monoisotopic (exact) mass is 561 g/mol. The van der Waals surface area contributed by atoms with Gasteiger partial charge in [-0.1, -0.05) is 40.2 Å². The van der Waals surface area contributed by atoms with Gasteiger partial charge in [0.1, 0.15) is 17.1 Å². The smallest absolute Gasteiger partial charge is 0.273 e. The number of nitrogens with zero attached hydrogens (tertiary/aromatic N) is 2. The summed E-state index contributed by atoms with van der Waals surface area (Å²) in [5, 5.41) is 18.4. The molecular weight excluding hydrogens is 534 g/mol. The minimum atomic E-state index is -0.367. The molecule has 1 aromatic heterocycles. The Balaban J connectivity index is 1.57. The fourth-order valence-corrected chi connectivity index (χ4v) is 5.50. The van der Waals surface area contributed by atoms with Gasteiger partial charge in [0, 0.05) is 22.1 Å². The number of phenols is 1. The Hall–Kier alpha value is -3.78. The molecule has 0 bridgehead atoms. The molecule has 4 aromatic rings. The third-order valence-corrected chi connectivity index (χ3v) is 7.31. The second kappa shape index (κ2) is 9.94. The fraction of sp³-hybridized carbons (Fsp3) is 0.241. The van der Waals surface area contributed by atoms with Crippen molar-refractivity contribution in [2.24, 2.45) is 0 Å². The Kier molecular flexibility index (Phi) is 6.69. The molecule has 0 saturated carbocycles. The molecule has 1 atom stereocenters. The van der Waals surface area contributed by atoms with Gasteiger partial charge in [0.15, 0.2) is 11.5 Å². The molecule has 0 spiro atoms. The lowest BCUT2D eigenvalue weighted by Crippen LogP contribution is -2.31. The van der Waals surface area contributed by atoms with E-state index >= 15 is 0 Å². The summed E-state index contributed by atoms with van der Waals surface area (Å²) in [6.07, 6.45) is 0.623. The highest BCUT2D eigenvalue weighted by Gasteiger charge is 2.42. The first-order valence-electron chi connectivity index (χ1n) is 12.0. The lowest BCUT2D eigenvalue weighted by atomic mass is 9.94. The summed E-state index contributed by atoms with van der Waals surface area (Å²) in [6, 6.07) is 17.2. The number of rotatable bonds is 7. The Morgan fingerprint density at radius 3 is 2.57 bits per heavy atom. The number of carbonyl (C=O) groups is 1. The van der Waals surface area contributed by atoms with E-state index in [1.165, 1.54) is 0 Å². The number of hydrogen-bond acceptors (Lipinski definition) is 5. The molecule has 190 valence electrons. The number of carbonyl (C=O) groups excluding carboxylic acids is 1. The topological polar surface area (TPSA) is 87.7 Å². The first-order chi connectivity index (χ1) is 17.8. The van der Waals surface area contributed by atoms with Crippen LogP contribution in [0.3, 0.4) is 0 Å². The normalized spacial score (nSPS) is 14.7. The summed E-state index contributed by atoms with van der Waals surface area (Å²) in [4.78, 5) is 15.6. The number of aromatic nitrogens is 2. The van der Waals surface area contributed by atoms with E-state index in [-0.39, 0.29) is 17.7 Å². The van der Waals surface area contributed by atoms with Gasteiger partial charge in [0.05, 0.1) is 20.3 Å². The van der Waals surface area contributed by atoms with Crippen LogP contribution < -0.4 is 9.47 Å². The molecule has 0 radical (unpaired) electrons. The highest BCUT2D eigenvalue weighted by Crippen LogP contribution is 2.45. The van der Waals surface area contributed by atoms with Crippen molar-refractivity contribution in [3.63, 3.8) is 0 Å². The van der Waals surface area contributed by atoms with Crippen molar-refractivity contribution < 1.29 is 19.4 Å². The number of aromatic amines is 1. The van der Waals surface area contributed by atoms with E-state index in [1.807, 2.05) is 73.3 Å². The van der Waals surface area contributed by atoms with Gasteiger partial charge in [0.2, 0.25) is 0 Å². The van der Waals surface area contributed by atoms with Crippen molar-refractivity contribution >= 4 is 21.8 Å². The number of phenolic OH excluding ortho intramolecular Hbond substituents is 1. The second-order valence-electron chi connectivity index (χ2n) is 9.23. The van der Waals surface area contributed by atoms with Crippen molar-refractivity contribution in [1.29, 1.82) is 0 Å². The lowest BCUT2D eigenvalue weighted by molar-refractivity contribution is 0.0746. The maximum absolute atomic E-state index is 13.7. The summed E-state index contributed by atoms with van der Waals surface area (Å²) in [7, 11) is 3.22. The first-order valence-corrected chi connectivity index (χ1v) is 12.8. The largest absolute Gasteiger partial charge is 0.507 e. The molecule has 1 amide bonds. The van der Waals surface area contributed by atoms with E-state index in [4.69, 9.17) is 9.47 Å². The minimum Gasteiger partial charge on any atom is -0.507 e. The Bertz CT molecular complexity index is 1500. The van der Waals surface area contributed by atoms with Crippen molar-refractivity contribution in [3.05, 3.63) is 92.6 Å². The van der Waals surface area contributed by atoms with E-state index < -0.39 is 0 Å². The molecule has 0 saturated heterocycles. The van der Waals surface area contributed by atoms with Gasteiger partial charge in [-0.05, 0) is 72.9 Å². The van der Waals surface area contributed by atoms with Gasteiger partial charge in [-0.15, -0.1) is 0 Å². The number of aromatic hydroxyl groups is 1. The molecule has 1 unspecified atom stereocenters. The number of fused-ring (bicyclic) bond motifs is 1. The molecule has 2 heterocycles. The van der Waals surface area contributed by atoms with Crippen LogP contribution in [0.2, 0.25) is 0 Å². The quantitative estimate of drug-likeness (QED) is 0.290. The van der Waals surface area contributed by atoms with Crippen molar-refractivity contribution in [2.45, 2.75) is 26.3 Å². The zero-order chi connectivity index (χ0) is 26.3. The molecule has 7 nitrogen and oxygen atoms in total. The number of H-pyrrole nitrogens is 1. The van der Waals surface area contributed by atoms with Gasteiger partial charge in [-0.25, -0.2) is 0 Å². The Morgan fingerprint density at radius 1 is 1.05 bits per heavy atom. The van der Waals surface area contributed by atoms with Crippen molar-refractivity contribution in [1.82, 2.24) is 15.1 Å². The molecule has 8 heteroatoms. The summed E-state index contributed by atoms with van der Waals surface area (Å²) < 4.78 is 11.7. The molecular formula is C29H28BrN3O4. The Morgan fingerprint density at radius 2 is 1.84 bits per heavy atom. The van der Waals surface area contributed by atoms with E-state index in [0.29, 0.717) is 41.4 Å². The van der Waals surface area contributed by atoms with Gasteiger partial charge in [0.25, 0.3) is 5.91 Å². The third kappa shape index (κ3) is 4.46. The van der Waals surface area contributed by atoms with Crippen molar-refractivity contribution in [3.8, 4) is 28.5 Å². The zero-order valence-corrected chi connectivity index (χ0v) is 22.7. The third-order valence-electron chi connectivity index (χ3n) is 6.82. The number of ether oxygens (including phenoxy) is 2. The zero-order valence-electron chi connectivity index (χ0n) is 21.1. The van der Waals surface area contributed by atoms with Gasteiger partial charge in [-0.3, -0.25) is 9.89 Å². The standard InChI is InChI=1S/C29H28BrN3O4/c1-16-12-17(2)28(34)21(13-16)25-24-26(32-31-25)29(35)33(27(24)19-6-5-7-20(30)15-19)11-10-18-8-9-22(36-3)23(14-18)37-4/h5-9,12-15,27,34H,10-11H2,1-4H3,(H,31,32). The van der Waals surface area contributed by atoms with Crippen LogP contribution in [0.5, 0.6) is 17.2 Å². The first kappa shape index (κ1) is 24.9. The van der Waals surface area contributed by atoms with Crippen molar-refractivity contribution in [2.75, 3.05) is 20.8 Å². The number of nitrogens with one attached hydrogen (secondary N) is 1. The van der Waals surface area contributed by atoms with Crippen LogP contribution in [-0.2, 0) is 6.42 Å². The van der Waals surface area contributed by atoms with E-state index in [1.54, 1.807) is 14.2 Å². The molecule has 1 aliphatic heterocycles. The lowest BCUT2D eigenvalue weighted by Gasteiger charge is -2.27. The van der Waals surface area contributed by atoms with Gasteiger partial charge < -0.3 is 19.5 Å². The van der Waals surface area contributed by atoms with Crippen LogP contribution in [0.15, 0.2) is 59.1 Å². The predicted molar refractivity (Wildman–Crippen MR) is 145 cm³/mol. The second-order valence-corrected chi connectivity index (χ2v) is 10.1. The summed E-state index contributed by atoms with van der Waals surface area (Å²) >= 11 is 3.58. The molecule has 0 aliphatic carbocycles. The maximum Gasteiger partial charge on any atom is 0.273 e. The number of benzene rings is 3. The van der Waals surface area contributed by atoms with Crippen LogP contribution in [0.25, 0.3) is 11.3 Å². The fourth-order valence-electron chi connectivity index (χ4n) is 5.08. The average Bonchev–Trinajstić information content (AvgIpc) is 3.43. The minimum absolute atomic E-state index is 0.122. The molecule has 2 N–H and O–H groups in total. The average molecular weight is 562 g/mol. The molecule has 37 heavy (non-hydrogen) atoms. The number of halogens is 1.